The van der Waals surface area contributed by atoms with Crippen LogP contribution in [-0.4, -0.2) is 14.2 Å². The van der Waals surface area contributed by atoms with Crippen LogP contribution < -0.4 is 5.32 Å². The van der Waals surface area contributed by atoms with Gasteiger partial charge >= 0.3 is 0 Å². The second-order valence-electron chi connectivity index (χ2n) is 4.07. The first-order valence-corrected chi connectivity index (χ1v) is 6.54. The molecule has 1 N–H and O–H groups in total. The second kappa shape index (κ2) is 5.19. The third-order valence-corrected chi connectivity index (χ3v) is 3.64. The average Bonchev–Trinajstić information content (AvgIpc) is 2.89. The summed E-state index contributed by atoms with van der Waals surface area (Å²) < 4.78 is 6.00. The Balaban J connectivity index is 2.14. The van der Waals surface area contributed by atoms with Crippen LogP contribution in [0.1, 0.15) is 29.4 Å². The van der Waals surface area contributed by atoms with E-state index in [1.54, 1.807) is 0 Å². The van der Waals surface area contributed by atoms with Gasteiger partial charge in [-0.2, -0.15) is 14.7 Å². The van der Waals surface area contributed by atoms with Crippen molar-refractivity contribution in [2.45, 2.75) is 26.8 Å². The lowest BCUT2D eigenvalue weighted by Crippen LogP contribution is -2.01. The van der Waals surface area contributed by atoms with Gasteiger partial charge in [0, 0.05) is 25.4 Å². The van der Waals surface area contributed by atoms with Gasteiger partial charge < -0.3 is 5.32 Å². The summed E-state index contributed by atoms with van der Waals surface area (Å²) in [4.78, 5) is 0. The third kappa shape index (κ3) is 2.36. The molecule has 0 aliphatic carbocycles. The van der Waals surface area contributed by atoms with Crippen molar-refractivity contribution in [3.05, 3.63) is 28.7 Å². The van der Waals surface area contributed by atoms with E-state index in [2.05, 4.69) is 27.8 Å². The molecule has 2 rings (SSSR count). The normalized spacial score (nSPS) is 10.3. The first kappa shape index (κ1) is 12.6. The fraction of sp³-hybridized carbons (Fsp3) is 0.417. The van der Waals surface area contributed by atoms with E-state index < -0.39 is 0 Å². The molecule has 0 spiro atoms. The lowest BCUT2D eigenvalue weighted by molar-refractivity contribution is 0.746. The Hall–Kier alpha value is -1.87. The first-order valence-electron chi connectivity index (χ1n) is 5.77. The van der Waals surface area contributed by atoms with Crippen LogP contribution in [0.4, 0.5) is 5.00 Å². The van der Waals surface area contributed by atoms with Crippen LogP contribution in [-0.2, 0) is 20.0 Å². The quantitative estimate of drug-likeness (QED) is 0.916. The highest BCUT2D eigenvalue weighted by atomic mass is 32.1. The maximum Gasteiger partial charge on any atom is 0.127 e. The number of aryl methyl sites for hydroxylation is 3. The highest BCUT2D eigenvalue weighted by Crippen LogP contribution is 2.24. The number of nitriles is 1. The van der Waals surface area contributed by atoms with Gasteiger partial charge in [0.2, 0.25) is 0 Å². The topological polar surface area (TPSA) is 66.5 Å². The zero-order chi connectivity index (χ0) is 13.1. The molecule has 18 heavy (non-hydrogen) atoms. The highest BCUT2D eigenvalue weighted by Gasteiger charge is 2.11. The van der Waals surface area contributed by atoms with Gasteiger partial charge in [-0.3, -0.25) is 4.68 Å². The number of nitrogens with one attached hydrogen (secondary N) is 1. The maximum absolute atomic E-state index is 9.05. The molecule has 94 valence electrons. The molecular weight excluding hydrogens is 246 g/mol. The summed E-state index contributed by atoms with van der Waals surface area (Å²) in [7, 11) is 1.92. The summed E-state index contributed by atoms with van der Waals surface area (Å²) in [5.41, 5.74) is 3.67. The first-order chi connectivity index (χ1) is 8.65. The van der Waals surface area contributed by atoms with Crippen LogP contribution in [0, 0.1) is 18.3 Å². The summed E-state index contributed by atoms with van der Waals surface area (Å²) in [5, 5.41) is 17.5. The van der Waals surface area contributed by atoms with Crippen molar-refractivity contribution in [3.63, 3.8) is 0 Å². The second-order valence-corrected chi connectivity index (χ2v) is 4.84. The lowest BCUT2D eigenvalue weighted by Gasteiger charge is -2.03. The van der Waals surface area contributed by atoms with Gasteiger partial charge in [-0.15, -0.1) is 0 Å². The number of hydrogen-bond acceptors (Lipinski definition) is 5. The Labute approximate surface area is 110 Å². The fourth-order valence-electron chi connectivity index (χ4n) is 1.83. The van der Waals surface area contributed by atoms with Crippen LogP contribution >= 0.6 is 11.5 Å². The van der Waals surface area contributed by atoms with Crippen molar-refractivity contribution in [2.24, 2.45) is 7.05 Å². The Bertz CT molecular complexity index is 590. The average molecular weight is 261 g/mol. The molecule has 0 aliphatic rings. The minimum Gasteiger partial charge on any atom is -0.370 e. The Morgan fingerprint density at radius 1 is 1.56 bits per heavy atom. The molecule has 2 heterocycles. The van der Waals surface area contributed by atoms with Crippen LogP contribution in [0.5, 0.6) is 0 Å². The molecule has 0 aromatic carbocycles. The van der Waals surface area contributed by atoms with E-state index in [-0.39, 0.29) is 0 Å². The summed E-state index contributed by atoms with van der Waals surface area (Å²) in [6.45, 7) is 4.61. The number of hydrogen-bond donors (Lipinski definition) is 1. The predicted octanol–water partition coefficient (Wildman–Crippen LogP) is 2.23. The fourth-order valence-corrected chi connectivity index (χ4v) is 2.57. The van der Waals surface area contributed by atoms with Crippen molar-refractivity contribution >= 4 is 16.5 Å². The largest absolute Gasteiger partial charge is 0.370 e. The lowest BCUT2D eigenvalue weighted by atomic mass is 10.2. The molecule has 0 bridgehead atoms. The smallest absolute Gasteiger partial charge is 0.127 e. The SMILES string of the molecule is CCc1nn(C)cc1CNc1snc(C)c1C#N. The van der Waals surface area contributed by atoms with Crippen LogP contribution in [0.25, 0.3) is 0 Å². The summed E-state index contributed by atoms with van der Waals surface area (Å²) in [6, 6.07) is 2.18. The minimum atomic E-state index is 0.641. The molecule has 0 saturated heterocycles. The third-order valence-electron chi connectivity index (χ3n) is 2.74. The van der Waals surface area contributed by atoms with Gasteiger partial charge in [-0.1, -0.05) is 6.92 Å². The molecule has 0 amide bonds. The van der Waals surface area contributed by atoms with E-state index in [1.807, 2.05) is 24.9 Å². The molecule has 0 atom stereocenters. The Morgan fingerprint density at radius 2 is 2.33 bits per heavy atom. The molecule has 2 aromatic rings. The predicted molar refractivity (Wildman–Crippen MR) is 71.5 cm³/mol. The highest BCUT2D eigenvalue weighted by molar-refractivity contribution is 7.10. The van der Waals surface area contributed by atoms with Gasteiger partial charge in [-0.05, 0) is 24.9 Å². The molecule has 0 radical (unpaired) electrons. The van der Waals surface area contributed by atoms with Crippen molar-refractivity contribution in [1.82, 2.24) is 14.2 Å². The Morgan fingerprint density at radius 3 is 3.00 bits per heavy atom. The molecule has 2 aromatic heterocycles. The number of anilines is 1. The van der Waals surface area contributed by atoms with Crippen molar-refractivity contribution in [1.29, 1.82) is 5.26 Å². The summed E-state index contributed by atoms with van der Waals surface area (Å²) in [6.07, 6.45) is 2.91. The molecule has 0 fully saturated rings. The number of nitrogens with zero attached hydrogens (tertiary/aromatic N) is 4. The van der Waals surface area contributed by atoms with E-state index >= 15 is 0 Å². The molecular formula is C12H15N5S. The van der Waals surface area contributed by atoms with Crippen LogP contribution in [0.15, 0.2) is 6.20 Å². The molecule has 5 nitrogen and oxygen atoms in total. The van der Waals surface area contributed by atoms with Crippen LogP contribution in [0.2, 0.25) is 0 Å². The Kier molecular flexibility index (Phi) is 3.63. The molecule has 0 aliphatic heterocycles. The van der Waals surface area contributed by atoms with Crippen LogP contribution in [0.3, 0.4) is 0 Å². The van der Waals surface area contributed by atoms with Gasteiger partial charge in [0.25, 0.3) is 0 Å². The van der Waals surface area contributed by atoms with E-state index in [4.69, 9.17) is 5.26 Å². The van der Waals surface area contributed by atoms with Crippen molar-refractivity contribution in [2.75, 3.05) is 5.32 Å². The van der Waals surface area contributed by atoms with Gasteiger partial charge in [0.15, 0.2) is 0 Å². The molecule has 0 unspecified atom stereocenters. The van der Waals surface area contributed by atoms with Gasteiger partial charge in [0.1, 0.15) is 16.6 Å². The monoisotopic (exact) mass is 261 g/mol. The van der Waals surface area contributed by atoms with Crippen molar-refractivity contribution in [3.8, 4) is 6.07 Å². The van der Waals surface area contributed by atoms with E-state index in [0.29, 0.717) is 12.1 Å². The van der Waals surface area contributed by atoms with Crippen molar-refractivity contribution < 1.29 is 0 Å². The summed E-state index contributed by atoms with van der Waals surface area (Å²) in [5.74, 6) is 0. The molecule has 6 heteroatoms. The van der Waals surface area contributed by atoms with Gasteiger partial charge in [-0.25, -0.2) is 0 Å². The minimum absolute atomic E-state index is 0.641. The molecule has 0 saturated carbocycles. The number of aromatic nitrogens is 3. The zero-order valence-electron chi connectivity index (χ0n) is 10.7. The maximum atomic E-state index is 9.05. The van der Waals surface area contributed by atoms with E-state index in [1.165, 1.54) is 11.5 Å². The summed E-state index contributed by atoms with van der Waals surface area (Å²) >= 11 is 1.33. The van der Waals surface area contributed by atoms with E-state index in [9.17, 15) is 0 Å². The standard InChI is InChI=1S/C12H15N5S/c1-4-11-9(7-17(3)15-11)6-14-12-10(5-13)8(2)16-18-12/h7,14H,4,6H2,1-3H3. The zero-order valence-corrected chi connectivity index (χ0v) is 11.5. The number of rotatable bonds is 4. The van der Waals surface area contributed by atoms with Gasteiger partial charge in [0.05, 0.1) is 11.4 Å². The van der Waals surface area contributed by atoms with E-state index in [0.717, 1.165) is 28.4 Å².